The van der Waals surface area contributed by atoms with Crippen LogP contribution in [0.3, 0.4) is 0 Å². The molecular formula is C16H23NO4. The standard InChI is InChI=1S/C16H23NO4/c1-16(2,3)21-15(19)17-13(11-18)8-5-12-6-9-14(20-4)10-7-12/h6-7,9-11,13H,5,8H2,1-4H3,(H,17,19). The molecule has 0 heterocycles. The molecule has 0 saturated carbocycles. The average molecular weight is 293 g/mol. The molecule has 1 amide bonds. The molecule has 0 spiro atoms. The van der Waals surface area contributed by atoms with E-state index in [1.165, 1.54) is 0 Å². The molecule has 21 heavy (non-hydrogen) atoms. The number of rotatable bonds is 6. The highest BCUT2D eigenvalue weighted by atomic mass is 16.6. The average Bonchev–Trinajstić information content (AvgIpc) is 2.42. The maximum absolute atomic E-state index is 11.6. The fourth-order valence-corrected chi connectivity index (χ4v) is 1.75. The number of nitrogens with one attached hydrogen (secondary N) is 1. The van der Waals surface area contributed by atoms with Crippen LogP contribution in [0.1, 0.15) is 32.8 Å². The molecule has 0 aliphatic heterocycles. The fraction of sp³-hybridized carbons (Fsp3) is 0.500. The Bertz CT molecular complexity index is 462. The monoisotopic (exact) mass is 293 g/mol. The van der Waals surface area contributed by atoms with Crippen molar-refractivity contribution in [2.45, 2.75) is 45.3 Å². The van der Waals surface area contributed by atoms with Crippen molar-refractivity contribution in [3.05, 3.63) is 29.8 Å². The van der Waals surface area contributed by atoms with E-state index in [0.29, 0.717) is 12.8 Å². The highest BCUT2D eigenvalue weighted by Gasteiger charge is 2.19. The van der Waals surface area contributed by atoms with Crippen molar-refractivity contribution in [1.29, 1.82) is 0 Å². The first-order valence-electron chi connectivity index (χ1n) is 6.92. The van der Waals surface area contributed by atoms with Crippen molar-refractivity contribution < 1.29 is 19.1 Å². The van der Waals surface area contributed by atoms with E-state index in [-0.39, 0.29) is 0 Å². The molecule has 5 nitrogen and oxygen atoms in total. The van der Waals surface area contributed by atoms with Gasteiger partial charge >= 0.3 is 6.09 Å². The SMILES string of the molecule is COc1ccc(CCC(C=O)NC(=O)OC(C)(C)C)cc1. The molecule has 1 aromatic carbocycles. The molecule has 1 N–H and O–H groups in total. The quantitative estimate of drug-likeness (QED) is 0.819. The summed E-state index contributed by atoms with van der Waals surface area (Å²) in [5.74, 6) is 0.789. The number of carbonyl (C=O) groups is 2. The van der Waals surface area contributed by atoms with E-state index in [9.17, 15) is 9.59 Å². The minimum atomic E-state index is -0.576. The van der Waals surface area contributed by atoms with Gasteiger partial charge in [0.1, 0.15) is 17.6 Å². The molecule has 1 rings (SSSR count). The van der Waals surface area contributed by atoms with Gasteiger partial charge < -0.3 is 19.6 Å². The van der Waals surface area contributed by atoms with Crippen molar-refractivity contribution in [3.63, 3.8) is 0 Å². The van der Waals surface area contributed by atoms with Crippen molar-refractivity contribution in [1.82, 2.24) is 5.32 Å². The van der Waals surface area contributed by atoms with Gasteiger partial charge in [0.15, 0.2) is 0 Å². The predicted octanol–water partition coefficient (Wildman–Crippen LogP) is 2.72. The van der Waals surface area contributed by atoms with Gasteiger partial charge in [-0.3, -0.25) is 0 Å². The van der Waals surface area contributed by atoms with E-state index >= 15 is 0 Å². The van der Waals surface area contributed by atoms with Crippen LogP contribution >= 0.6 is 0 Å². The first kappa shape index (κ1) is 17.0. The molecule has 1 atom stereocenters. The van der Waals surface area contributed by atoms with Crippen molar-refractivity contribution in [2.75, 3.05) is 7.11 Å². The van der Waals surface area contributed by atoms with Gasteiger partial charge in [-0.25, -0.2) is 4.79 Å². The summed E-state index contributed by atoms with van der Waals surface area (Å²) in [7, 11) is 1.61. The number of ether oxygens (including phenoxy) is 2. The minimum Gasteiger partial charge on any atom is -0.497 e. The molecule has 5 heteroatoms. The summed E-state index contributed by atoms with van der Waals surface area (Å²) < 4.78 is 10.2. The predicted molar refractivity (Wildman–Crippen MR) is 80.5 cm³/mol. The zero-order valence-electron chi connectivity index (χ0n) is 13.0. The van der Waals surface area contributed by atoms with Gasteiger partial charge in [0.05, 0.1) is 13.2 Å². The lowest BCUT2D eigenvalue weighted by molar-refractivity contribution is -0.109. The van der Waals surface area contributed by atoms with Crippen molar-refractivity contribution >= 4 is 12.4 Å². The largest absolute Gasteiger partial charge is 0.497 e. The van der Waals surface area contributed by atoms with Gasteiger partial charge in [0, 0.05) is 0 Å². The van der Waals surface area contributed by atoms with Crippen LogP contribution in [0.2, 0.25) is 0 Å². The van der Waals surface area contributed by atoms with Gasteiger partial charge in [-0.1, -0.05) is 12.1 Å². The zero-order valence-corrected chi connectivity index (χ0v) is 13.0. The lowest BCUT2D eigenvalue weighted by Gasteiger charge is -2.21. The number of benzene rings is 1. The highest BCUT2D eigenvalue weighted by Crippen LogP contribution is 2.13. The summed E-state index contributed by atoms with van der Waals surface area (Å²) in [6.45, 7) is 5.33. The molecule has 0 aliphatic carbocycles. The minimum absolute atomic E-state index is 0.523. The Morgan fingerprint density at radius 3 is 2.38 bits per heavy atom. The third-order valence-electron chi connectivity index (χ3n) is 2.77. The number of amides is 1. The Kier molecular flexibility index (Phi) is 6.21. The molecule has 0 bridgehead atoms. The van der Waals surface area contributed by atoms with E-state index in [1.807, 2.05) is 24.3 Å². The first-order chi connectivity index (χ1) is 9.84. The Morgan fingerprint density at radius 1 is 1.29 bits per heavy atom. The number of carbonyl (C=O) groups excluding carboxylic acids is 2. The van der Waals surface area contributed by atoms with Gasteiger partial charge in [0.2, 0.25) is 0 Å². The summed E-state index contributed by atoms with van der Waals surface area (Å²) in [5.41, 5.74) is 0.502. The van der Waals surface area contributed by atoms with Gasteiger partial charge in [-0.05, 0) is 51.3 Å². The number of alkyl carbamates (subject to hydrolysis) is 1. The molecule has 0 saturated heterocycles. The second-order valence-electron chi connectivity index (χ2n) is 5.78. The topological polar surface area (TPSA) is 64.6 Å². The van der Waals surface area contributed by atoms with Crippen LogP contribution in [0.5, 0.6) is 5.75 Å². The van der Waals surface area contributed by atoms with E-state index in [4.69, 9.17) is 9.47 Å². The van der Waals surface area contributed by atoms with Crippen LogP contribution in [-0.4, -0.2) is 31.1 Å². The number of methoxy groups -OCH3 is 1. The molecule has 0 aliphatic rings. The molecular weight excluding hydrogens is 270 g/mol. The number of hydrogen-bond acceptors (Lipinski definition) is 4. The Morgan fingerprint density at radius 2 is 1.90 bits per heavy atom. The van der Waals surface area contributed by atoms with Crippen molar-refractivity contribution in [2.24, 2.45) is 0 Å². The first-order valence-corrected chi connectivity index (χ1v) is 6.92. The maximum atomic E-state index is 11.6. The summed E-state index contributed by atoms with van der Waals surface area (Å²) in [4.78, 5) is 22.7. The normalized spacial score (nSPS) is 12.4. The van der Waals surface area contributed by atoms with Crippen LogP contribution in [0.25, 0.3) is 0 Å². The van der Waals surface area contributed by atoms with Gasteiger partial charge in [-0.2, -0.15) is 0 Å². The van der Waals surface area contributed by atoms with Crippen LogP contribution < -0.4 is 10.1 Å². The number of aldehydes is 1. The van der Waals surface area contributed by atoms with Crippen LogP contribution in [0.15, 0.2) is 24.3 Å². The highest BCUT2D eigenvalue weighted by molar-refractivity contribution is 5.73. The summed E-state index contributed by atoms with van der Waals surface area (Å²) in [6.07, 6.45) is 1.36. The molecule has 116 valence electrons. The second-order valence-corrected chi connectivity index (χ2v) is 5.78. The number of hydrogen-bond donors (Lipinski definition) is 1. The lowest BCUT2D eigenvalue weighted by atomic mass is 10.1. The summed E-state index contributed by atoms with van der Waals surface area (Å²) in [6, 6.07) is 7.06. The third-order valence-corrected chi connectivity index (χ3v) is 2.77. The molecule has 0 radical (unpaired) electrons. The smallest absolute Gasteiger partial charge is 0.408 e. The van der Waals surface area contributed by atoms with Gasteiger partial charge in [0.25, 0.3) is 0 Å². The summed E-state index contributed by atoms with van der Waals surface area (Å²) in [5, 5.41) is 2.56. The van der Waals surface area contributed by atoms with E-state index in [1.54, 1.807) is 27.9 Å². The van der Waals surface area contributed by atoms with E-state index < -0.39 is 17.7 Å². The Labute approximate surface area is 125 Å². The summed E-state index contributed by atoms with van der Waals surface area (Å²) >= 11 is 0. The third kappa shape index (κ3) is 6.79. The maximum Gasteiger partial charge on any atom is 0.408 e. The van der Waals surface area contributed by atoms with E-state index in [2.05, 4.69) is 5.32 Å². The molecule has 1 unspecified atom stereocenters. The van der Waals surface area contributed by atoms with Crippen molar-refractivity contribution in [3.8, 4) is 5.75 Å². The van der Waals surface area contributed by atoms with Gasteiger partial charge in [-0.15, -0.1) is 0 Å². The number of aryl methyl sites for hydroxylation is 1. The van der Waals surface area contributed by atoms with Crippen LogP contribution in [0, 0.1) is 0 Å². The second kappa shape index (κ2) is 7.67. The Hall–Kier alpha value is -2.04. The molecule has 0 aromatic heterocycles. The molecule has 0 fully saturated rings. The van der Waals surface area contributed by atoms with Crippen LogP contribution in [0.4, 0.5) is 4.79 Å². The van der Waals surface area contributed by atoms with E-state index in [0.717, 1.165) is 17.6 Å². The lowest BCUT2D eigenvalue weighted by Crippen LogP contribution is -2.40. The Balaban J connectivity index is 2.46. The van der Waals surface area contributed by atoms with Crippen LogP contribution in [-0.2, 0) is 16.0 Å². The molecule has 1 aromatic rings. The fourth-order valence-electron chi connectivity index (χ4n) is 1.75. The zero-order chi connectivity index (χ0) is 15.9.